The van der Waals surface area contributed by atoms with Gasteiger partial charge in [0.1, 0.15) is 0 Å². The number of rotatable bonds is 12. The molecule has 0 saturated heterocycles. The van der Waals surface area contributed by atoms with Crippen molar-refractivity contribution in [2.24, 2.45) is 0 Å². The van der Waals surface area contributed by atoms with Crippen LogP contribution in [0.2, 0.25) is 0 Å². The zero-order valence-electron chi connectivity index (χ0n) is 22.6. The summed E-state index contributed by atoms with van der Waals surface area (Å²) in [7, 11) is 0. The molecule has 37 heavy (non-hydrogen) atoms. The van der Waals surface area contributed by atoms with Gasteiger partial charge >= 0.3 is 0 Å². The number of nitrogen functional groups attached to an aromatic ring is 2. The van der Waals surface area contributed by atoms with E-state index < -0.39 is 0 Å². The molecule has 4 aromatic carbocycles. The molecule has 0 heterocycles. The zero-order chi connectivity index (χ0) is 26.0. The number of anilines is 2. The molecule has 192 valence electrons. The summed E-state index contributed by atoms with van der Waals surface area (Å²) in [6, 6.07) is 30.7. The summed E-state index contributed by atoms with van der Waals surface area (Å²) in [6.45, 7) is 4.52. The molecule has 0 aromatic heterocycles. The van der Waals surface area contributed by atoms with Crippen molar-refractivity contribution in [3.63, 3.8) is 0 Å². The second kappa shape index (κ2) is 13.1. The summed E-state index contributed by atoms with van der Waals surface area (Å²) in [5.74, 6) is 0. The topological polar surface area (TPSA) is 52.0 Å². The van der Waals surface area contributed by atoms with Crippen LogP contribution in [-0.2, 0) is 38.5 Å². The minimum Gasteiger partial charge on any atom is -0.399 e. The Labute approximate surface area is 223 Å². The van der Waals surface area contributed by atoms with Crippen LogP contribution in [0.1, 0.15) is 77.6 Å². The van der Waals surface area contributed by atoms with Gasteiger partial charge in [-0.3, -0.25) is 0 Å². The molecule has 2 nitrogen and oxygen atoms in total. The Morgan fingerprint density at radius 3 is 1.19 bits per heavy atom. The van der Waals surface area contributed by atoms with Crippen molar-refractivity contribution in [3.05, 3.63) is 129 Å². The molecule has 4 rings (SSSR count). The molecule has 0 aliphatic heterocycles. The summed E-state index contributed by atoms with van der Waals surface area (Å²) in [5, 5.41) is 0. The van der Waals surface area contributed by atoms with Gasteiger partial charge in [0.25, 0.3) is 0 Å². The molecule has 4 aromatic rings. The van der Waals surface area contributed by atoms with Crippen molar-refractivity contribution in [1.29, 1.82) is 0 Å². The highest BCUT2D eigenvalue weighted by Crippen LogP contribution is 2.21. The van der Waals surface area contributed by atoms with Gasteiger partial charge in [-0.1, -0.05) is 80.9 Å². The third kappa shape index (κ3) is 7.73. The van der Waals surface area contributed by atoms with E-state index in [1.165, 1.54) is 63.8 Å². The molecule has 0 aliphatic rings. The Bertz CT molecular complexity index is 1170. The first kappa shape index (κ1) is 26.5. The maximum Gasteiger partial charge on any atom is 0.0314 e. The summed E-state index contributed by atoms with van der Waals surface area (Å²) in [6.07, 6.45) is 10.2. The first-order valence-electron chi connectivity index (χ1n) is 13.9. The maximum atomic E-state index is 5.84. The number of unbranched alkanes of at least 4 members (excludes halogenated alkanes) is 2. The summed E-state index contributed by atoms with van der Waals surface area (Å²) in [5.41, 5.74) is 24.7. The van der Waals surface area contributed by atoms with E-state index in [-0.39, 0.29) is 0 Å². The minimum atomic E-state index is 0.826. The Hall–Kier alpha value is -3.52. The normalized spacial score (nSPS) is 11.1. The molecule has 0 unspecified atom stereocenters. The van der Waals surface area contributed by atoms with Gasteiger partial charge in [-0.05, 0) is 120 Å². The number of hydrogen-bond acceptors (Lipinski definition) is 2. The molecule has 2 heteroatoms. The lowest BCUT2D eigenvalue weighted by Gasteiger charge is -2.12. The van der Waals surface area contributed by atoms with Gasteiger partial charge in [-0.2, -0.15) is 0 Å². The van der Waals surface area contributed by atoms with Crippen molar-refractivity contribution < 1.29 is 0 Å². The van der Waals surface area contributed by atoms with Crippen LogP contribution in [0.4, 0.5) is 11.4 Å². The Morgan fingerprint density at radius 2 is 0.811 bits per heavy atom. The average Bonchev–Trinajstić information content (AvgIpc) is 2.92. The van der Waals surface area contributed by atoms with E-state index in [1.54, 1.807) is 0 Å². The number of nitrogens with two attached hydrogens (primary N) is 2. The number of aryl methyl sites for hydroxylation is 4. The van der Waals surface area contributed by atoms with E-state index in [4.69, 9.17) is 11.5 Å². The minimum absolute atomic E-state index is 0.826. The van der Waals surface area contributed by atoms with Crippen LogP contribution in [0.15, 0.2) is 84.9 Å². The first-order chi connectivity index (χ1) is 18.0. The fourth-order valence-corrected chi connectivity index (χ4v) is 5.22. The van der Waals surface area contributed by atoms with Crippen molar-refractivity contribution in [2.45, 2.75) is 71.6 Å². The average molecular weight is 491 g/mol. The highest BCUT2D eigenvalue weighted by atomic mass is 14.5. The highest BCUT2D eigenvalue weighted by Gasteiger charge is 2.07. The van der Waals surface area contributed by atoms with Crippen molar-refractivity contribution in [1.82, 2.24) is 0 Å². The van der Waals surface area contributed by atoms with Crippen molar-refractivity contribution in [3.8, 4) is 0 Å². The smallest absolute Gasteiger partial charge is 0.0314 e. The molecule has 0 aliphatic carbocycles. The van der Waals surface area contributed by atoms with Crippen molar-refractivity contribution >= 4 is 11.4 Å². The van der Waals surface area contributed by atoms with Gasteiger partial charge in [0.2, 0.25) is 0 Å². The highest BCUT2D eigenvalue weighted by molar-refractivity contribution is 5.43. The van der Waals surface area contributed by atoms with E-state index in [2.05, 4.69) is 74.5 Å². The monoisotopic (exact) mass is 490 g/mol. The Kier molecular flexibility index (Phi) is 9.43. The van der Waals surface area contributed by atoms with Gasteiger partial charge in [0.05, 0.1) is 0 Å². The third-order valence-corrected chi connectivity index (χ3v) is 7.48. The van der Waals surface area contributed by atoms with Crippen LogP contribution in [0, 0.1) is 0 Å². The van der Waals surface area contributed by atoms with Gasteiger partial charge in [-0.25, -0.2) is 0 Å². The number of hydrogen-bond donors (Lipinski definition) is 2. The first-order valence-corrected chi connectivity index (χ1v) is 13.9. The molecule has 0 saturated carbocycles. The molecule has 0 atom stereocenters. The van der Waals surface area contributed by atoms with E-state index >= 15 is 0 Å². The van der Waals surface area contributed by atoms with Crippen LogP contribution in [0.5, 0.6) is 0 Å². The lowest BCUT2D eigenvalue weighted by Crippen LogP contribution is -1.98. The predicted molar refractivity (Wildman–Crippen MR) is 160 cm³/mol. The van der Waals surface area contributed by atoms with Crippen LogP contribution in [0.25, 0.3) is 0 Å². The van der Waals surface area contributed by atoms with Crippen molar-refractivity contribution in [2.75, 3.05) is 11.5 Å². The van der Waals surface area contributed by atoms with Crippen LogP contribution >= 0.6 is 0 Å². The van der Waals surface area contributed by atoms with E-state index in [1.807, 2.05) is 24.3 Å². The molecular formula is C35H42N2. The van der Waals surface area contributed by atoms with E-state index in [9.17, 15) is 0 Å². The molecule has 0 fully saturated rings. The zero-order valence-corrected chi connectivity index (χ0v) is 22.6. The fourth-order valence-electron chi connectivity index (χ4n) is 5.22. The molecule has 0 bridgehead atoms. The third-order valence-electron chi connectivity index (χ3n) is 7.48. The fraction of sp³-hybridized carbons (Fsp3) is 0.314. The standard InChI is InChI=1S/C35H42N2/c1-3-30-22-26(10-16-32(30)24-28-12-18-34(36)19-13-28)8-6-5-7-9-27-11-17-33(31(4-2)23-27)25-29-14-20-35(37)21-15-29/h10-23H,3-9,24-25,36-37H2,1-2H3. The largest absolute Gasteiger partial charge is 0.399 e. The Balaban J connectivity index is 1.25. The van der Waals surface area contributed by atoms with Gasteiger partial charge < -0.3 is 11.5 Å². The maximum absolute atomic E-state index is 5.84. The second-order valence-corrected chi connectivity index (χ2v) is 10.3. The molecule has 0 radical (unpaired) electrons. The predicted octanol–water partition coefficient (Wildman–Crippen LogP) is 8.11. The summed E-state index contributed by atoms with van der Waals surface area (Å²) >= 11 is 0. The van der Waals surface area contributed by atoms with Gasteiger partial charge in [0.15, 0.2) is 0 Å². The van der Waals surface area contributed by atoms with Crippen LogP contribution in [0.3, 0.4) is 0 Å². The lowest BCUT2D eigenvalue weighted by molar-refractivity contribution is 0.677. The van der Waals surface area contributed by atoms with E-state index in [0.29, 0.717) is 0 Å². The van der Waals surface area contributed by atoms with Crippen LogP contribution < -0.4 is 11.5 Å². The summed E-state index contributed by atoms with van der Waals surface area (Å²) in [4.78, 5) is 0. The second-order valence-electron chi connectivity index (χ2n) is 10.3. The summed E-state index contributed by atoms with van der Waals surface area (Å²) < 4.78 is 0. The van der Waals surface area contributed by atoms with Gasteiger partial charge in [0, 0.05) is 11.4 Å². The number of benzene rings is 4. The quantitative estimate of drug-likeness (QED) is 0.156. The van der Waals surface area contributed by atoms with Gasteiger partial charge in [-0.15, -0.1) is 0 Å². The molecule has 0 spiro atoms. The SMILES string of the molecule is CCc1cc(CCCCCc2ccc(Cc3ccc(N)cc3)c(CC)c2)ccc1Cc1ccc(N)cc1. The molecule has 0 amide bonds. The Morgan fingerprint density at radius 1 is 0.432 bits per heavy atom. The molecule has 4 N–H and O–H groups in total. The van der Waals surface area contributed by atoms with E-state index in [0.717, 1.165) is 49.9 Å². The van der Waals surface area contributed by atoms with Crippen LogP contribution in [-0.4, -0.2) is 0 Å². The lowest BCUT2D eigenvalue weighted by atomic mass is 9.93. The molecular weight excluding hydrogens is 448 g/mol.